The highest BCUT2D eigenvalue weighted by atomic mass is 32.1. The number of para-hydroxylation sites is 1. The van der Waals surface area contributed by atoms with Gasteiger partial charge in [-0.15, -0.1) is 11.3 Å². The summed E-state index contributed by atoms with van der Waals surface area (Å²) in [7, 11) is 0. The summed E-state index contributed by atoms with van der Waals surface area (Å²) in [5.74, 6) is 0.584. The van der Waals surface area contributed by atoms with Gasteiger partial charge in [0.1, 0.15) is 22.4 Å². The van der Waals surface area contributed by atoms with Crippen LogP contribution in [0.2, 0.25) is 0 Å². The van der Waals surface area contributed by atoms with Gasteiger partial charge in [-0.3, -0.25) is 9.78 Å². The maximum Gasteiger partial charge on any atom is 0.226 e. The minimum Gasteiger partial charge on any atom is -0.459 e. The first-order valence-electron chi connectivity index (χ1n) is 9.95. The van der Waals surface area contributed by atoms with Crippen molar-refractivity contribution in [3.63, 3.8) is 0 Å². The van der Waals surface area contributed by atoms with E-state index < -0.39 is 0 Å². The third kappa shape index (κ3) is 4.25. The Labute approximate surface area is 183 Å². The van der Waals surface area contributed by atoms with Gasteiger partial charge >= 0.3 is 0 Å². The number of carbonyl (C=O) groups excluding carboxylic acids is 1. The topological polar surface area (TPSA) is 68.0 Å². The lowest BCUT2D eigenvalue weighted by Gasteiger charge is -2.17. The molecular weight excluding hydrogens is 406 g/mol. The van der Waals surface area contributed by atoms with Crippen LogP contribution in [-0.4, -0.2) is 15.9 Å². The third-order valence-electron chi connectivity index (χ3n) is 4.94. The van der Waals surface area contributed by atoms with Gasteiger partial charge in [0, 0.05) is 17.0 Å². The van der Waals surface area contributed by atoms with Crippen LogP contribution in [0.15, 0.2) is 94.9 Å². The first kappa shape index (κ1) is 19.2. The molecule has 0 unspecified atom stereocenters. The molecule has 0 fully saturated rings. The molecule has 152 valence electrons. The predicted molar refractivity (Wildman–Crippen MR) is 122 cm³/mol. The Bertz CT molecular complexity index is 1280. The van der Waals surface area contributed by atoms with Crippen LogP contribution in [0.5, 0.6) is 0 Å². The molecule has 5 nitrogen and oxygen atoms in total. The van der Waals surface area contributed by atoms with Crippen LogP contribution in [0.1, 0.15) is 23.1 Å². The molecule has 1 amide bonds. The van der Waals surface area contributed by atoms with Gasteiger partial charge in [-0.1, -0.05) is 54.6 Å². The molecule has 0 aliphatic heterocycles. The maximum atomic E-state index is 12.9. The van der Waals surface area contributed by atoms with Crippen LogP contribution in [0.25, 0.3) is 21.7 Å². The summed E-state index contributed by atoms with van der Waals surface area (Å²) < 4.78 is 6.06. The average Bonchev–Trinajstić information content (AvgIpc) is 3.45. The van der Waals surface area contributed by atoms with Crippen molar-refractivity contribution in [2.45, 2.75) is 12.5 Å². The summed E-state index contributed by atoms with van der Waals surface area (Å²) >= 11 is 1.49. The van der Waals surface area contributed by atoms with E-state index in [4.69, 9.17) is 4.42 Å². The number of amides is 1. The molecular formula is C25H19N3O2S. The van der Waals surface area contributed by atoms with Crippen molar-refractivity contribution in [1.29, 1.82) is 0 Å². The highest BCUT2D eigenvalue weighted by molar-refractivity contribution is 7.13. The molecule has 1 N–H and O–H groups in total. The zero-order chi connectivity index (χ0) is 21.0. The van der Waals surface area contributed by atoms with E-state index in [-0.39, 0.29) is 18.4 Å². The van der Waals surface area contributed by atoms with E-state index in [0.29, 0.717) is 5.76 Å². The number of furan rings is 1. The average molecular weight is 426 g/mol. The molecule has 0 saturated heterocycles. The fourth-order valence-electron chi connectivity index (χ4n) is 3.48. The SMILES string of the molecule is O=C(Cc1csc(-c2ccccn2)n1)N[C@H](c1ccccc1)c1cc2ccccc2o1. The Morgan fingerprint density at radius 3 is 2.61 bits per heavy atom. The van der Waals surface area contributed by atoms with Crippen molar-refractivity contribution in [3.05, 3.63) is 107 Å². The number of pyridine rings is 1. The van der Waals surface area contributed by atoms with Gasteiger partial charge in [0.15, 0.2) is 0 Å². The van der Waals surface area contributed by atoms with Crippen molar-refractivity contribution in [2.24, 2.45) is 0 Å². The van der Waals surface area contributed by atoms with Crippen molar-refractivity contribution in [3.8, 4) is 10.7 Å². The van der Waals surface area contributed by atoms with E-state index in [9.17, 15) is 4.79 Å². The van der Waals surface area contributed by atoms with E-state index in [2.05, 4.69) is 15.3 Å². The first-order chi connectivity index (χ1) is 15.3. The zero-order valence-corrected chi connectivity index (χ0v) is 17.4. The Kier molecular flexibility index (Phi) is 5.29. The Morgan fingerprint density at radius 1 is 1.00 bits per heavy atom. The number of rotatable bonds is 6. The molecule has 5 aromatic rings. The van der Waals surface area contributed by atoms with Gasteiger partial charge in [-0.25, -0.2) is 4.98 Å². The lowest BCUT2D eigenvalue weighted by molar-refractivity contribution is -0.121. The molecule has 31 heavy (non-hydrogen) atoms. The van der Waals surface area contributed by atoms with Crippen LogP contribution >= 0.6 is 11.3 Å². The summed E-state index contributed by atoms with van der Waals surface area (Å²) in [6.07, 6.45) is 1.92. The lowest BCUT2D eigenvalue weighted by Crippen LogP contribution is -2.30. The number of nitrogens with zero attached hydrogens (tertiary/aromatic N) is 2. The minimum atomic E-state index is -0.380. The molecule has 6 heteroatoms. The van der Waals surface area contributed by atoms with Crippen molar-refractivity contribution < 1.29 is 9.21 Å². The first-order valence-corrected chi connectivity index (χ1v) is 10.8. The molecule has 3 aromatic heterocycles. The summed E-state index contributed by atoms with van der Waals surface area (Å²) in [5, 5.41) is 6.84. The highest BCUT2D eigenvalue weighted by Crippen LogP contribution is 2.28. The second-order valence-electron chi connectivity index (χ2n) is 7.13. The number of fused-ring (bicyclic) bond motifs is 1. The standard InChI is InChI=1S/C25H19N3O2S/c29-23(15-19-16-31-25(27-19)20-11-6-7-13-26-20)28-24(17-8-2-1-3-9-17)22-14-18-10-4-5-12-21(18)30-22/h1-14,16,24H,15H2,(H,28,29)/t24-/m1/s1. The number of nitrogens with one attached hydrogen (secondary N) is 1. The quantitative estimate of drug-likeness (QED) is 0.396. The number of aromatic nitrogens is 2. The fraction of sp³-hybridized carbons (Fsp3) is 0.0800. The summed E-state index contributed by atoms with van der Waals surface area (Å²) in [5.41, 5.74) is 3.29. The number of thiazole rings is 1. The molecule has 5 rings (SSSR count). The molecule has 0 aliphatic rings. The summed E-state index contributed by atoms with van der Waals surface area (Å²) in [6.45, 7) is 0. The molecule has 0 bridgehead atoms. The molecule has 0 spiro atoms. The van der Waals surface area contributed by atoms with Crippen molar-refractivity contribution in [2.75, 3.05) is 0 Å². The lowest BCUT2D eigenvalue weighted by atomic mass is 10.0. The second-order valence-corrected chi connectivity index (χ2v) is 7.99. The number of carbonyl (C=O) groups is 1. The second kappa shape index (κ2) is 8.53. The van der Waals surface area contributed by atoms with Gasteiger partial charge in [0.25, 0.3) is 0 Å². The fourth-order valence-corrected chi connectivity index (χ4v) is 4.28. The van der Waals surface area contributed by atoms with E-state index in [1.807, 2.05) is 84.2 Å². The van der Waals surface area contributed by atoms with Gasteiger partial charge in [0.2, 0.25) is 5.91 Å². The third-order valence-corrected chi connectivity index (χ3v) is 5.86. The minimum absolute atomic E-state index is 0.118. The van der Waals surface area contributed by atoms with Crippen molar-refractivity contribution in [1.82, 2.24) is 15.3 Å². The van der Waals surface area contributed by atoms with Gasteiger partial charge < -0.3 is 9.73 Å². The predicted octanol–water partition coefficient (Wildman–Crippen LogP) is 5.40. The largest absolute Gasteiger partial charge is 0.459 e. The van der Waals surface area contributed by atoms with Gasteiger partial charge in [-0.2, -0.15) is 0 Å². The van der Waals surface area contributed by atoms with Crippen LogP contribution in [0, 0.1) is 0 Å². The smallest absolute Gasteiger partial charge is 0.226 e. The monoisotopic (exact) mass is 425 g/mol. The molecule has 0 saturated carbocycles. The maximum absolute atomic E-state index is 12.9. The Hall–Kier alpha value is -3.77. The van der Waals surface area contributed by atoms with Crippen LogP contribution in [-0.2, 0) is 11.2 Å². The Morgan fingerprint density at radius 2 is 1.81 bits per heavy atom. The number of hydrogen-bond acceptors (Lipinski definition) is 5. The Balaban J connectivity index is 1.38. The van der Waals surface area contributed by atoms with Gasteiger partial charge in [0.05, 0.1) is 17.8 Å². The summed E-state index contributed by atoms with van der Waals surface area (Å²) in [6, 6.07) is 25.0. The molecule has 0 aliphatic carbocycles. The van der Waals surface area contributed by atoms with Crippen LogP contribution in [0.3, 0.4) is 0 Å². The highest BCUT2D eigenvalue weighted by Gasteiger charge is 2.21. The van der Waals surface area contributed by atoms with E-state index in [0.717, 1.165) is 32.9 Å². The number of benzene rings is 2. The molecule has 0 radical (unpaired) electrons. The van der Waals surface area contributed by atoms with Crippen molar-refractivity contribution >= 4 is 28.2 Å². The zero-order valence-electron chi connectivity index (χ0n) is 16.6. The molecule has 2 aromatic carbocycles. The van der Waals surface area contributed by atoms with Crippen LogP contribution in [0.4, 0.5) is 0 Å². The molecule has 3 heterocycles. The van der Waals surface area contributed by atoms with Gasteiger partial charge in [-0.05, 0) is 29.8 Å². The number of hydrogen-bond donors (Lipinski definition) is 1. The summed E-state index contributed by atoms with van der Waals surface area (Å²) in [4.78, 5) is 21.8. The normalized spacial score (nSPS) is 12.0. The van der Waals surface area contributed by atoms with E-state index >= 15 is 0 Å². The molecule has 1 atom stereocenters. The van der Waals surface area contributed by atoms with E-state index in [1.54, 1.807) is 6.20 Å². The van der Waals surface area contributed by atoms with Crippen LogP contribution < -0.4 is 5.32 Å². The van der Waals surface area contributed by atoms with E-state index in [1.165, 1.54) is 11.3 Å².